The molecule has 1 spiro atoms. The van der Waals surface area contributed by atoms with Crippen LogP contribution in [0.15, 0.2) is 54.6 Å². The Morgan fingerprint density at radius 3 is 2.67 bits per heavy atom. The first-order valence-corrected chi connectivity index (χ1v) is 15.4. The molecule has 1 unspecified atom stereocenters. The molecule has 2 aliphatic carbocycles. The van der Waals surface area contributed by atoms with E-state index < -0.39 is 5.97 Å². The largest absolute Gasteiger partial charge is 0.478 e. The van der Waals surface area contributed by atoms with E-state index in [1.807, 2.05) is 18.2 Å². The van der Waals surface area contributed by atoms with E-state index in [0.717, 1.165) is 54.7 Å². The molecular weight excluding hydrogens is 569 g/mol. The van der Waals surface area contributed by atoms with Gasteiger partial charge in [0.25, 0.3) is 0 Å². The lowest BCUT2D eigenvalue weighted by Crippen LogP contribution is -2.27. The van der Waals surface area contributed by atoms with Gasteiger partial charge in [-0.05, 0) is 73.9 Å². The maximum Gasteiger partial charge on any atom is 0.335 e. The standard InChI is InChI=1S/C34H35ClFN3O4/c1-33(2)19-42-18-29(33)39-28-14-21(32(40)41)7-9-27(28)38-31(39)24-16-34(24)12-10-20(11-13-34)26-4-3-5-30(37-26)43-17-22-6-8-23(35)15-25(22)36/h3-9,14-15,20,24,29H,10-13,16-19H2,1-2H3,(H,40,41)/t20?,24?,29-,34?/m1/s1. The van der Waals surface area contributed by atoms with Gasteiger partial charge in [-0.1, -0.05) is 37.6 Å². The van der Waals surface area contributed by atoms with Gasteiger partial charge in [-0.25, -0.2) is 19.2 Å². The molecule has 1 saturated heterocycles. The molecule has 7 rings (SSSR count). The number of hydrogen-bond acceptors (Lipinski definition) is 5. The summed E-state index contributed by atoms with van der Waals surface area (Å²) in [6, 6.07) is 15.8. The van der Waals surface area contributed by atoms with E-state index in [-0.39, 0.29) is 34.9 Å². The summed E-state index contributed by atoms with van der Waals surface area (Å²) in [7, 11) is 0. The average molecular weight is 604 g/mol. The number of aromatic nitrogens is 3. The van der Waals surface area contributed by atoms with Crippen molar-refractivity contribution in [2.45, 2.75) is 70.4 Å². The van der Waals surface area contributed by atoms with Crippen molar-refractivity contribution in [3.63, 3.8) is 0 Å². The predicted molar refractivity (Wildman–Crippen MR) is 161 cm³/mol. The van der Waals surface area contributed by atoms with E-state index in [1.54, 1.807) is 24.3 Å². The van der Waals surface area contributed by atoms with Gasteiger partial charge in [0.2, 0.25) is 5.88 Å². The molecule has 2 aromatic carbocycles. The summed E-state index contributed by atoms with van der Waals surface area (Å²) < 4.78 is 28.3. The Morgan fingerprint density at radius 1 is 1.14 bits per heavy atom. The van der Waals surface area contributed by atoms with E-state index in [4.69, 9.17) is 31.0 Å². The first kappa shape index (κ1) is 28.3. The molecule has 3 aliphatic rings. The van der Waals surface area contributed by atoms with Crippen LogP contribution in [0.1, 0.15) is 91.3 Å². The third-order valence-corrected chi connectivity index (χ3v) is 10.2. The highest BCUT2D eigenvalue weighted by Crippen LogP contribution is 2.68. The van der Waals surface area contributed by atoms with Crippen molar-refractivity contribution < 1.29 is 23.8 Å². The van der Waals surface area contributed by atoms with Crippen LogP contribution in [0, 0.1) is 16.6 Å². The minimum absolute atomic E-state index is 0.0839. The number of carboxylic acids is 1. The predicted octanol–water partition coefficient (Wildman–Crippen LogP) is 7.93. The Labute approximate surface area is 255 Å². The third-order valence-electron chi connectivity index (χ3n) is 9.96. The molecule has 2 atom stereocenters. The van der Waals surface area contributed by atoms with Crippen molar-refractivity contribution in [3.8, 4) is 5.88 Å². The molecule has 9 heteroatoms. The molecule has 0 amide bonds. The SMILES string of the molecule is CC1(C)COC[C@H]1n1c(C2CC23CCC(c2cccc(OCc4ccc(Cl)cc4F)n2)CC3)nc2ccc(C(=O)O)cc21. The number of ether oxygens (including phenoxy) is 2. The van der Waals surface area contributed by atoms with Gasteiger partial charge >= 0.3 is 5.97 Å². The molecule has 2 saturated carbocycles. The van der Waals surface area contributed by atoms with Gasteiger partial charge in [0, 0.05) is 39.6 Å². The molecule has 1 N–H and O–H groups in total. The summed E-state index contributed by atoms with van der Waals surface area (Å²) in [5.41, 5.74) is 3.58. The Bertz CT molecular complexity index is 1710. The minimum Gasteiger partial charge on any atom is -0.478 e. The van der Waals surface area contributed by atoms with Gasteiger partial charge in [-0.2, -0.15) is 0 Å². The van der Waals surface area contributed by atoms with Crippen LogP contribution >= 0.6 is 11.6 Å². The molecule has 7 nitrogen and oxygen atoms in total. The van der Waals surface area contributed by atoms with Crippen molar-refractivity contribution in [2.24, 2.45) is 10.8 Å². The highest BCUT2D eigenvalue weighted by molar-refractivity contribution is 6.30. The maximum absolute atomic E-state index is 14.2. The quantitative estimate of drug-likeness (QED) is 0.231. The Morgan fingerprint density at radius 2 is 1.95 bits per heavy atom. The fourth-order valence-corrected chi connectivity index (χ4v) is 7.44. The van der Waals surface area contributed by atoms with Crippen LogP contribution in [-0.2, 0) is 11.3 Å². The number of halogens is 2. The second-order valence-corrected chi connectivity index (χ2v) is 13.6. The number of nitrogens with zero attached hydrogens (tertiary/aromatic N) is 3. The number of aromatic carboxylic acids is 1. The van der Waals surface area contributed by atoms with Gasteiger partial charge in [-0.3, -0.25) is 0 Å². The van der Waals surface area contributed by atoms with Gasteiger partial charge in [0.05, 0.1) is 35.9 Å². The van der Waals surface area contributed by atoms with E-state index in [0.29, 0.717) is 41.5 Å². The van der Waals surface area contributed by atoms with Crippen LogP contribution in [0.25, 0.3) is 11.0 Å². The van der Waals surface area contributed by atoms with Crippen LogP contribution < -0.4 is 4.74 Å². The van der Waals surface area contributed by atoms with Crippen molar-refractivity contribution in [1.82, 2.24) is 14.5 Å². The molecule has 4 aromatic rings. The summed E-state index contributed by atoms with van der Waals surface area (Å²) >= 11 is 5.87. The number of hydrogen-bond donors (Lipinski definition) is 1. The molecule has 224 valence electrons. The molecular formula is C34H35ClFN3O4. The Kier molecular flexibility index (Phi) is 6.97. The van der Waals surface area contributed by atoms with E-state index in [1.165, 1.54) is 6.07 Å². The van der Waals surface area contributed by atoms with Crippen LogP contribution in [0.5, 0.6) is 5.88 Å². The monoisotopic (exact) mass is 603 g/mol. The number of rotatable bonds is 7. The first-order valence-electron chi connectivity index (χ1n) is 15.0. The molecule has 1 aliphatic heterocycles. The third kappa shape index (κ3) is 5.18. The second kappa shape index (κ2) is 10.6. The van der Waals surface area contributed by atoms with Crippen molar-refractivity contribution >= 4 is 28.6 Å². The number of fused-ring (bicyclic) bond motifs is 1. The maximum atomic E-state index is 14.2. The van der Waals surface area contributed by atoms with Crippen molar-refractivity contribution in [3.05, 3.63) is 88.1 Å². The fraction of sp³-hybridized carbons (Fsp3) is 0.441. The van der Waals surface area contributed by atoms with Crippen molar-refractivity contribution in [1.29, 1.82) is 0 Å². The molecule has 2 aromatic heterocycles. The molecule has 43 heavy (non-hydrogen) atoms. The highest BCUT2D eigenvalue weighted by atomic mass is 35.5. The van der Waals surface area contributed by atoms with Crippen molar-refractivity contribution in [2.75, 3.05) is 13.2 Å². The minimum atomic E-state index is -0.931. The fourth-order valence-electron chi connectivity index (χ4n) is 7.28. The Hall–Kier alpha value is -3.49. The lowest BCUT2D eigenvalue weighted by atomic mass is 9.77. The van der Waals surface area contributed by atoms with Gasteiger partial charge < -0.3 is 19.1 Å². The van der Waals surface area contributed by atoms with E-state index in [2.05, 4.69) is 24.5 Å². The first-order chi connectivity index (χ1) is 20.6. The number of pyridine rings is 1. The zero-order valence-corrected chi connectivity index (χ0v) is 25.1. The summed E-state index contributed by atoms with van der Waals surface area (Å²) in [4.78, 5) is 21.7. The van der Waals surface area contributed by atoms with E-state index >= 15 is 0 Å². The van der Waals surface area contributed by atoms with E-state index in [9.17, 15) is 14.3 Å². The lowest BCUT2D eigenvalue weighted by Gasteiger charge is -2.31. The van der Waals surface area contributed by atoms with Gasteiger partial charge in [0.1, 0.15) is 18.2 Å². The highest BCUT2D eigenvalue weighted by Gasteiger charge is 2.58. The number of carboxylic acid groups (broad SMARTS) is 1. The topological polar surface area (TPSA) is 86.5 Å². The normalized spacial score (nSPS) is 26.2. The van der Waals surface area contributed by atoms with Gasteiger partial charge in [0.15, 0.2) is 0 Å². The number of imidazole rings is 1. The Balaban J connectivity index is 1.08. The van der Waals surface area contributed by atoms with Crippen LogP contribution in [0.3, 0.4) is 0 Å². The average Bonchev–Trinajstić information content (AvgIpc) is 3.35. The van der Waals surface area contributed by atoms with Crippen LogP contribution in [-0.4, -0.2) is 38.8 Å². The second-order valence-electron chi connectivity index (χ2n) is 13.2. The number of benzene rings is 2. The summed E-state index contributed by atoms with van der Waals surface area (Å²) in [6.45, 7) is 5.78. The van der Waals surface area contributed by atoms with Crippen LogP contribution in [0.2, 0.25) is 5.02 Å². The number of carbonyl (C=O) groups is 1. The van der Waals surface area contributed by atoms with Gasteiger partial charge in [-0.15, -0.1) is 0 Å². The summed E-state index contributed by atoms with van der Waals surface area (Å²) in [6.07, 6.45) is 5.31. The molecule has 3 fully saturated rings. The molecule has 3 heterocycles. The molecule has 0 bridgehead atoms. The summed E-state index contributed by atoms with van der Waals surface area (Å²) in [5.74, 6) is 0.915. The van der Waals surface area contributed by atoms with Crippen LogP contribution in [0.4, 0.5) is 4.39 Å². The summed E-state index contributed by atoms with van der Waals surface area (Å²) in [5, 5.41) is 10.0. The molecule has 0 radical (unpaired) electrons. The smallest absolute Gasteiger partial charge is 0.335 e. The zero-order valence-electron chi connectivity index (χ0n) is 24.4. The zero-order chi connectivity index (χ0) is 29.9. The lowest BCUT2D eigenvalue weighted by molar-refractivity contribution is 0.0697.